The van der Waals surface area contributed by atoms with Crippen molar-refractivity contribution in [1.82, 2.24) is 9.80 Å². The highest BCUT2D eigenvalue weighted by molar-refractivity contribution is 7.14. The number of anilines is 1. The van der Waals surface area contributed by atoms with Gasteiger partial charge in [0.1, 0.15) is 0 Å². The number of carbonyl (C=O) groups is 3. The van der Waals surface area contributed by atoms with Crippen molar-refractivity contribution < 1.29 is 19.1 Å². The lowest BCUT2D eigenvalue weighted by Gasteiger charge is -2.37. The van der Waals surface area contributed by atoms with Crippen LogP contribution in [0.1, 0.15) is 32.6 Å². The topological polar surface area (TPSA) is 79.0 Å². The third-order valence-corrected chi connectivity index (χ3v) is 6.02. The fraction of sp³-hybridized carbons (Fsp3) is 0.632. The highest BCUT2D eigenvalue weighted by Crippen LogP contribution is 2.25. The molecule has 3 amide bonds. The normalized spacial score (nSPS) is 21.0. The Morgan fingerprint density at radius 2 is 1.93 bits per heavy atom. The Kier molecular flexibility index (Phi) is 6.71. The Bertz CT molecular complexity index is 656. The predicted molar refractivity (Wildman–Crippen MR) is 104 cm³/mol. The second-order valence-corrected chi connectivity index (χ2v) is 7.99. The molecular weight excluding hydrogens is 366 g/mol. The fourth-order valence-corrected chi connectivity index (χ4v) is 4.36. The molecule has 2 aliphatic rings. The summed E-state index contributed by atoms with van der Waals surface area (Å²) >= 11 is 1.49. The van der Waals surface area contributed by atoms with Crippen LogP contribution in [0.5, 0.6) is 0 Å². The van der Waals surface area contributed by atoms with Gasteiger partial charge in [-0.05, 0) is 50.1 Å². The zero-order chi connectivity index (χ0) is 19.2. The lowest BCUT2D eigenvalue weighted by molar-refractivity contribution is -0.152. The number of amides is 3. The van der Waals surface area contributed by atoms with E-state index < -0.39 is 0 Å². The predicted octanol–water partition coefficient (Wildman–Crippen LogP) is 2.79. The van der Waals surface area contributed by atoms with Gasteiger partial charge in [0.15, 0.2) is 0 Å². The van der Waals surface area contributed by atoms with Gasteiger partial charge in [0.2, 0.25) is 5.91 Å². The first kappa shape index (κ1) is 19.7. The fourth-order valence-electron chi connectivity index (χ4n) is 3.75. The van der Waals surface area contributed by atoms with E-state index in [1.165, 1.54) is 11.3 Å². The summed E-state index contributed by atoms with van der Waals surface area (Å²) in [6, 6.07) is 3.66. The summed E-state index contributed by atoms with van der Waals surface area (Å²) < 4.78 is 5.11. The summed E-state index contributed by atoms with van der Waals surface area (Å²) in [4.78, 5) is 40.7. The van der Waals surface area contributed by atoms with Gasteiger partial charge in [0.05, 0.1) is 17.5 Å². The molecule has 1 unspecified atom stereocenters. The van der Waals surface area contributed by atoms with Crippen LogP contribution in [0.25, 0.3) is 0 Å². The van der Waals surface area contributed by atoms with Crippen molar-refractivity contribution in [3.05, 3.63) is 17.5 Å². The first-order chi connectivity index (χ1) is 13.1. The smallest absolute Gasteiger partial charge is 0.322 e. The SMILES string of the molecule is CCOC(=O)C1CCCN(C(=O)C2CCN(C(=O)Nc3cccs3)CC2)C1. The number of nitrogens with zero attached hydrogens (tertiary/aromatic N) is 2. The van der Waals surface area contributed by atoms with Gasteiger partial charge in [-0.25, -0.2) is 4.79 Å². The minimum atomic E-state index is -0.209. The second-order valence-electron chi connectivity index (χ2n) is 7.04. The van der Waals surface area contributed by atoms with Gasteiger partial charge in [-0.1, -0.05) is 0 Å². The molecule has 1 aromatic rings. The Morgan fingerprint density at radius 3 is 2.59 bits per heavy atom. The average molecular weight is 394 g/mol. The molecule has 27 heavy (non-hydrogen) atoms. The maximum absolute atomic E-state index is 12.9. The van der Waals surface area contributed by atoms with E-state index in [2.05, 4.69) is 5.32 Å². The molecule has 2 aliphatic heterocycles. The van der Waals surface area contributed by atoms with Crippen LogP contribution in [0, 0.1) is 11.8 Å². The molecule has 0 aromatic carbocycles. The summed E-state index contributed by atoms with van der Waals surface area (Å²) in [7, 11) is 0. The van der Waals surface area contributed by atoms with Crippen LogP contribution in [-0.2, 0) is 14.3 Å². The molecule has 1 N–H and O–H groups in total. The molecular formula is C19H27N3O4S. The first-order valence-electron chi connectivity index (χ1n) is 9.63. The van der Waals surface area contributed by atoms with Gasteiger partial charge in [0.25, 0.3) is 0 Å². The molecule has 0 spiro atoms. The number of rotatable bonds is 4. The van der Waals surface area contributed by atoms with Gasteiger partial charge in [-0.3, -0.25) is 14.9 Å². The van der Waals surface area contributed by atoms with E-state index in [-0.39, 0.29) is 29.7 Å². The van der Waals surface area contributed by atoms with Crippen LogP contribution in [0.15, 0.2) is 17.5 Å². The Balaban J connectivity index is 1.48. The van der Waals surface area contributed by atoms with E-state index in [4.69, 9.17) is 4.74 Å². The van der Waals surface area contributed by atoms with Crippen LogP contribution < -0.4 is 5.32 Å². The summed E-state index contributed by atoms with van der Waals surface area (Å²) in [5, 5.41) is 5.64. The first-order valence-corrected chi connectivity index (χ1v) is 10.5. The van der Waals surface area contributed by atoms with E-state index in [0.29, 0.717) is 45.6 Å². The van der Waals surface area contributed by atoms with E-state index in [1.54, 1.807) is 11.8 Å². The Hall–Kier alpha value is -2.09. The van der Waals surface area contributed by atoms with Crippen molar-refractivity contribution in [3.63, 3.8) is 0 Å². The van der Waals surface area contributed by atoms with Crippen molar-refractivity contribution in [2.45, 2.75) is 32.6 Å². The Morgan fingerprint density at radius 1 is 1.15 bits per heavy atom. The second kappa shape index (κ2) is 9.21. The molecule has 2 fully saturated rings. The molecule has 3 heterocycles. The summed E-state index contributed by atoms with van der Waals surface area (Å²) in [5.74, 6) is -0.367. The molecule has 3 rings (SSSR count). The molecule has 148 valence electrons. The Labute approximate surface area is 163 Å². The maximum atomic E-state index is 12.9. The zero-order valence-corrected chi connectivity index (χ0v) is 16.5. The lowest BCUT2D eigenvalue weighted by Crippen LogP contribution is -2.48. The quantitative estimate of drug-likeness (QED) is 0.798. The minimum Gasteiger partial charge on any atom is -0.466 e. The van der Waals surface area contributed by atoms with E-state index in [0.717, 1.165) is 17.8 Å². The van der Waals surface area contributed by atoms with Gasteiger partial charge in [-0.15, -0.1) is 11.3 Å². The van der Waals surface area contributed by atoms with Crippen LogP contribution in [0.4, 0.5) is 9.80 Å². The zero-order valence-electron chi connectivity index (χ0n) is 15.7. The van der Waals surface area contributed by atoms with Crippen LogP contribution in [-0.4, -0.2) is 60.5 Å². The number of urea groups is 1. The number of hydrogen-bond donors (Lipinski definition) is 1. The van der Waals surface area contributed by atoms with Crippen molar-refractivity contribution in [2.75, 3.05) is 38.1 Å². The van der Waals surface area contributed by atoms with E-state index in [9.17, 15) is 14.4 Å². The van der Waals surface area contributed by atoms with Crippen LogP contribution in [0.3, 0.4) is 0 Å². The molecule has 1 atom stereocenters. The number of nitrogens with one attached hydrogen (secondary N) is 1. The highest BCUT2D eigenvalue weighted by Gasteiger charge is 2.34. The summed E-state index contributed by atoms with van der Waals surface area (Å²) in [6.07, 6.45) is 2.94. The largest absolute Gasteiger partial charge is 0.466 e. The number of carbonyl (C=O) groups excluding carboxylic acids is 3. The molecule has 1 aromatic heterocycles. The van der Waals surface area contributed by atoms with Crippen LogP contribution >= 0.6 is 11.3 Å². The van der Waals surface area contributed by atoms with Crippen molar-refractivity contribution in [2.24, 2.45) is 11.8 Å². The molecule has 7 nitrogen and oxygen atoms in total. The van der Waals surface area contributed by atoms with Gasteiger partial charge in [0, 0.05) is 32.1 Å². The number of esters is 1. The molecule has 2 saturated heterocycles. The minimum absolute atomic E-state index is 0.0725. The lowest BCUT2D eigenvalue weighted by atomic mass is 9.92. The number of thiophene rings is 1. The van der Waals surface area contributed by atoms with Gasteiger partial charge in [-0.2, -0.15) is 0 Å². The number of ether oxygens (including phenoxy) is 1. The number of hydrogen-bond acceptors (Lipinski definition) is 5. The monoisotopic (exact) mass is 393 g/mol. The number of likely N-dealkylation sites (tertiary alicyclic amines) is 2. The van der Waals surface area contributed by atoms with Crippen molar-refractivity contribution in [3.8, 4) is 0 Å². The number of piperidine rings is 2. The maximum Gasteiger partial charge on any atom is 0.322 e. The third kappa shape index (κ3) is 5.00. The van der Waals surface area contributed by atoms with Crippen molar-refractivity contribution >= 4 is 34.2 Å². The molecule has 0 aliphatic carbocycles. The summed E-state index contributed by atoms with van der Waals surface area (Å²) in [6.45, 7) is 4.47. The highest BCUT2D eigenvalue weighted by atomic mass is 32.1. The molecule has 0 saturated carbocycles. The standard InChI is InChI=1S/C19H27N3O4S/c1-2-26-18(24)15-5-3-9-22(13-15)17(23)14-7-10-21(11-8-14)19(25)20-16-6-4-12-27-16/h4,6,12,14-15H,2-3,5,7-11,13H2,1H3,(H,20,25). The van der Waals surface area contributed by atoms with Crippen LogP contribution in [0.2, 0.25) is 0 Å². The van der Waals surface area contributed by atoms with Gasteiger partial charge < -0.3 is 14.5 Å². The molecule has 0 radical (unpaired) electrons. The van der Waals surface area contributed by atoms with E-state index >= 15 is 0 Å². The molecule has 8 heteroatoms. The third-order valence-electron chi connectivity index (χ3n) is 5.24. The van der Waals surface area contributed by atoms with Crippen molar-refractivity contribution in [1.29, 1.82) is 0 Å². The molecule has 0 bridgehead atoms. The van der Waals surface area contributed by atoms with Gasteiger partial charge >= 0.3 is 12.0 Å². The summed E-state index contributed by atoms with van der Waals surface area (Å²) in [5.41, 5.74) is 0. The average Bonchev–Trinajstić information content (AvgIpc) is 3.21. The van der Waals surface area contributed by atoms with E-state index in [1.807, 2.05) is 22.4 Å².